The van der Waals surface area contributed by atoms with Crippen molar-refractivity contribution in [2.24, 2.45) is 0 Å². The van der Waals surface area contributed by atoms with Gasteiger partial charge in [0.2, 0.25) is 5.91 Å². The summed E-state index contributed by atoms with van der Waals surface area (Å²) in [6.45, 7) is 1.86. The molecule has 1 saturated heterocycles. The maximum Gasteiger partial charge on any atom is 0.257 e. The number of piperidine rings is 1. The highest BCUT2D eigenvalue weighted by atomic mass is 19.3. The quantitative estimate of drug-likeness (QED) is 0.574. The molecule has 1 aromatic carbocycles. The molecule has 0 bridgehead atoms. The van der Waals surface area contributed by atoms with Gasteiger partial charge in [0, 0.05) is 31.9 Å². The van der Waals surface area contributed by atoms with E-state index in [1.54, 1.807) is 36.1 Å². The summed E-state index contributed by atoms with van der Waals surface area (Å²) in [7, 11) is 0. The minimum atomic E-state index is -2.85. The summed E-state index contributed by atoms with van der Waals surface area (Å²) >= 11 is 0. The van der Waals surface area contributed by atoms with E-state index in [4.69, 9.17) is 4.74 Å². The highest BCUT2D eigenvalue weighted by Gasteiger charge is 2.46. The maximum absolute atomic E-state index is 14.6. The molecule has 3 heterocycles. The lowest BCUT2D eigenvalue weighted by Gasteiger charge is -2.40. The van der Waals surface area contributed by atoms with Crippen molar-refractivity contribution < 1.29 is 22.7 Å². The second kappa shape index (κ2) is 9.58. The Morgan fingerprint density at radius 3 is 2.48 bits per heavy atom. The Bertz CT molecular complexity index is 1080. The first-order valence-corrected chi connectivity index (χ1v) is 10.5. The number of rotatable bonds is 6. The van der Waals surface area contributed by atoms with Crippen LogP contribution in [0.25, 0.3) is 0 Å². The average Bonchev–Trinajstić information content (AvgIpc) is 2.82. The van der Waals surface area contributed by atoms with Crippen molar-refractivity contribution in [2.75, 3.05) is 18.4 Å². The molecule has 2 atom stereocenters. The topological polar surface area (TPSA) is 67.3 Å². The molecule has 9 heteroatoms. The summed E-state index contributed by atoms with van der Waals surface area (Å²) in [6.07, 6.45) is 4.10. The third-order valence-electron chi connectivity index (χ3n) is 5.73. The predicted octanol–water partition coefficient (Wildman–Crippen LogP) is 4.86. The number of anilines is 1. The van der Waals surface area contributed by atoms with E-state index in [0.29, 0.717) is 22.9 Å². The first-order valence-electron chi connectivity index (χ1n) is 10.5. The largest absolute Gasteiger partial charge is 0.456 e. The Morgan fingerprint density at radius 2 is 1.82 bits per heavy atom. The van der Waals surface area contributed by atoms with E-state index in [1.165, 1.54) is 42.9 Å². The number of benzene rings is 1. The fraction of sp³-hybridized carbons (Fsp3) is 0.292. The second-order valence-corrected chi connectivity index (χ2v) is 7.94. The van der Waals surface area contributed by atoms with E-state index in [2.05, 4.69) is 15.3 Å². The summed E-state index contributed by atoms with van der Waals surface area (Å²) in [6, 6.07) is 11.3. The molecular weight excluding hydrogens is 433 g/mol. The van der Waals surface area contributed by atoms with E-state index in [0.717, 1.165) is 0 Å². The molecule has 1 aliphatic rings. The normalized spacial score (nSPS) is 19.0. The molecule has 3 aromatic rings. The van der Waals surface area contributed by atoms with E-state index in [-0.39, 0.29) is 31.2 Å². The van der Waals surface area contributed by atoms with Crippen LogP contribution in [0.15, 0.2) is 67.1 Å². The summed E-state index contributed by atoms with van der Waals surface area (Å²) in [5.74, 6) is -3.38. The first kappa shape index (κ1) is 22.7. The minimum absolute atomic E-state index is 0.0590. The Balaban J connectivity index is 1.37. The molecule has 1 amide bonds. The fourth-order valence-electron chi connectivity index (χ4n) is 3.77. The number of likely N-dealkylation sites (tertiary alicyclic amines) is 1. The van der Waals surface area contributed by atoms with E-state index < -0.39 is 17.9 Å². The molecule has 1 aliphatic heterocycles. The third kappa shape index (κ3) is 5.48. The highest BCUT2D eigenvalue weighted by Crippen LogP contribution is 2.40. The highest BCUT2D eigenvalue weighted by molar-refractivity contribution is 5.93. The van der Waals surface area contributed by atoms with Crippen molar-refractivity contribution in [3.8, 4) is 11.5 Å². The Hall–Kier alpha value is -3.46. The van der Waals surface area contributed by atoms with Crippen molar-refractivity contribution in [2.45, 2.75) is 31.2 Å². The van der Waals surface area contributed by atoms with Crippen LogP contribution >= 0.6 is 0 Å². The number of nitrogens with one attached hydrogen (secondary N) is 1. The SMILES string of the molecule is CC(C(=O)Nc1ccc(Oc2ccc(F)cc2)cn1)N1CCC(F)(F)C(c2ccncc2)C1. The summed E-state index contributed by atoms with van der Waals surface area (Å²) in [4.78, 5) is 22.6. The van der Waals surface area contributed by atoms with Gasteiger partial charge >= 0.3 is 0 Å². The number of carbonyl (C=O) groups excluding carboxylic acids is 1. The number of hydrogen-bond donors (Lipinski definition) is 1. The van der Waals surface area contributed by atoms with Gasteiger partial charge in [-0.15, -0.1) is 0 Å². The van der Waals surface area contributed by atoms with Gasteiger partial charge in [0.15, 0.2) is 0 Å². The monoisotopic (exact) mass is 456 g/mol. The van der Waals surface area contributed by atoms with Gasteiger partial charge in [-0.2, -0.15) is 0 Å². The van der Waals surface area contributed by atoms with Crippen LogP contribution in [0.4, 0.5) is 19.0 Å². The number of nitrogens with zero attached hydrogens (tertiary/aromatic N) is 3. The van der Waals surface area contributed by atoms with Crippen LogP contribution in [-0.4, -0.2) is 45.8 Å². The number of carbonyl (C=O) groups is 1. The molecule has 4 rings (SSSR count). The number of pyridine rings is 2. The molecule has 2 aromatic heterocycles. The van der Waals surface area contributed by atoms with Gasteiger partial charge in [-0.1, -0.05) is 0 Å². The average molecular weight is 456 g/mol. The van der Waals surface area contributed by atoms with Crippen LogP contribution < -0.4 is 10.1 Å². The molecule has 33 heavy (non-hydrogen) atoms. The minimum Gasteiger partial charge on any atom is -0.456 e. The summed E-state index contributed by atoms with van der Waals surface area (Å²) in [5.41, 5.74) is 0.505. The van der Waals surface area contributed by atoms with Gasteiger partial charge in [0.05, 0.1) is 18.2 Å². The molecule has 172 valence electrons. The Morgan fingerprint density at radius 1 is 1.12 bits per heavy atom. The number of hydrogen-bond acceptors (Lipinski definition) is 5. The zero-order valence-corrected chi connectivity index (χ0v) is 17.9. The molecule has 0 spiro atoms. The third-order valence-corrected chi connectivity index (χ3v) is 5.73. The molecule has 0 aliphatic carbocycles. The number of ether oxygens (including phenoxy) is 1. The van der Waals surface area contributed by atoms with E-state index in [9.17, 15) is 18.0 Å². The van der Waals surface area contributed by atoms with Crippen molar-refractivity contribution in [3.63, 3.8) is 0 Å². The molecule has 2 unspecified atom stereocenters. The van der Waals surface area contributed by atoms with Gasteiger partial charge in [0.1, 0.15) is 23.1 Å². The molecule has 6 nitrogen and oxygen atoms in total. The molecule has 1 fully saturated rings. The van der Waals surface area contributed by atoms with Gasteiger partial charge in [0.25, 0.3) is 5.92 Å². The maximum atomic E-state index is 14.6. The van der Waals surface area contributed by atoms with Gasteiger partial charge in [-0.25, -0.2) is 18.2 Å². The Kier molecular flexibility index (Phi) is 6.60. The van der Waals surface area contributed by atoms with Gasteiger partial charge < -0.3 is 10.1 Å². The zero-order valence-electron chi connectivity index (χ0n) is 17.9. The van der Waals surface area contributed by atoms with E-state index >= 15 is 0 Å². The number of aromatic nitrogens is 2. The fourth-order valence-corrected chi connectivity index (χ4v) is 3.77. The van der Waals surface area contributed by atoms with Crippen molar-refractivity contribution in [1.29, 1.82) is 0 Å². The van der Waals surface area contributed by atoms with Crippen molar-refractivity contribution >= 4 is 11.7 Å². The van der Waals surface area contributed by atoms with Crippen LogP contribution in [0.2, 0.25) is 0 Å². The lowest BCUT2D eigenvalue weighted by atomic mass is 9.87. The smallest absolute Gasteiger partial charge is 0.257 e. The van der Waals surface area contributed by atoms with E-state index in [1.807, 2.05) is 0 Å². The molecule has 0 saturated carbocycles. The van der Waals surface area contributed by atoms with Gasteiger partial charge in [-0.3, -0.25) is 14.7 Å². The molecule has 1 N–H and O–H groups in total. The van der Waals surface area contributed by atoms with Crippen LogP contribution in [-0.2, 0) is 4.79 Å². The summed E-state index contributed by atoms with van der Waals surface area (Å²) in [5, 5.41) is 2.72. The molecule has 0 radical (unpaired) electrons. The lowest BCUT2D eigenvalue weighted by molar-refractivity contribution is -0.125. The van der Waals surface area contributed by atoms with Crippen molar-refractivity contribution in [3.05, 3.63) is 78.5 Å². The number of halogens is 3. The van der Waals surface area contributed by atoms with Crippen LogP contribution in [0.5, 0.6) is 11.5 Å². The first-order chi connectivity index (χ1) is 15.8. The number of amides is 1. The predicted molar refractivity (Wildman–Crippen MR) is 117 cm³/mol. The van der Waals surface area contributed by atoms with Crippen LogP contribution in [0.1, 0.15) is 24.8 Å². The summed E-state index contributed by atoms with van der Waals surface area (Å²) < 4.78 is 47.7. The van der Waals surface area contributed by atoms with Crippen molar-refractivity contribution in [1.82, 2.24) is 14.9 Å². The standard InChI is InChI=1S/C24H23F3N4O2/c1-16(31-13-10-24(26,27)21(15-31)17-8-11-28-12-9-17)23(32)30-22-7-6-20(14-29-22)33-19-4-2-18(25)3-5-19/h2-9,11-12,14,16,21H,10,13,15H2,1H3,(H,29,30,32). The molecular formula is C24H23F3N4O2. The van der Waals surface area contributed by atoms with Gasteiger partial charge in [-0.05, 0) is 61.0 Å². The number of alkyl halides is 2. The Labute approximate surface area is 189 Å². The lowest BCUT2D eigenvalue weighted by Crippen LogP contribution is -2.52. The second-order valence-electron chi connectivity index (χ2n) is 7.94. The van der Waals surface area contributed by atoms with Crippen LogP contribution in [0.3, 0.4) is 0 Å². The zero-order chi connectivity index (χ0) is 23.4. The van der Waals surface area contributed by atoms with Crippen LogP contribution in [0, 0.1) is 5.82 Å².